The van der Waals surface area contributed by atoms with Gasteiger partial charge < -0.3 is 20.1 Å². The minimum Gasteiger partial charge on any atom is -0.379 e. The highest BCUT2D eigenvalue weighted by atomic mass is 16.5. The van der Waals surface area contributed by atoms with E-state index in [0.717, 1.165) is 32.9 Å². The molecule has 2 aliphatic rings. The van der Waals surface area contributed by atoms with Gasteiger partial charge in [-0.15, -0.1) is 0 Å². The monoisotopic (exact) mass is 228 g/mol. The van der Waals surface area contributed by atoms with Gasteiger partial charge >= 0.3 is 0 Å². The number of hydrogen-bond acceptors (Lipinski definition) is 4. The van der Waals surface area contributed by atoms with Crippen LogP contribution in [-0.4, -0.2) is 57.0 Å². The van der Waals surface area contributed by atoms with Gasteiger partial charge in [0.1, 0.15) is 0 Å². The molecule has 4 heteroatoms. The van der Waals surface area contributed by atoms with Crippen LogP contribution < -0.4 is 5.73 Å². The first kappa shape index (κ1) is 12.3. The molecule has 4 nitrogen and oxygen atoms in total. The van der Waals surface area contributed by atoms with Gasteiger partial charge in [0.25, 0.3) is 0 Å². The summed E-state index contributed by atoms with van der Waals surface area (Å²) < 4.78 is 11.1. The Labute approximate surface area is 98.1 Å². The average Bonchev–Trinajstić information content (AvgIpc) is 2.66. The van der Waals surface area contributed by atoms with Crippen molar-refractivity contribution in [2.45, 2.75) is 31.4 Å². The molecule has 0 saturated carbocycles. The van der Waals surface area contributed by atoms with Crippen molar-refractivity contribution in [1.29, 1.82) is 0 Å². The molecule has 3 atom stereocenters. The van der Waals surface area contributed by atoms with E-state index in [1.807, 2.05) is 0 Å². The fourth-order valence-corrected chi connectivity index (χ4v) is 2.58. The molecule has 2 N–H and O–H groups in total. The highest BCUT2D eigenvalue weighted by Crippen LogP contribution is 2.16. The van der Waals surface area contributed by atoms with Crippen molar-refractivity contribution in [2.75, 3.05) is 40.0 Å². The van der Waals surface area contributed by atoms with Crippen molar-refractivity contribution < 1.29 is 9.47 Å². The summed E-state index contributed by atoms with van der Waals surface area (Å²) in [5, 5.41) is 0. The van der Waals surface area contributed by atoms with Gasteiger partial charge in [0.15, 0.2) is 0 Å². The van der Waals surface area contributed by atoms with Crippen LogP contribution in [0.15, 0.2) is 0 Å². The first-order valence-electron chi connectivity index (χ1n) is 6.39. The third kappa shape index (κ3) is 3.42. The standard InChI is InChI=1S/C12H24N2O2/c1-14(6-10-8-15-9-12(10)13)7-11-4-2-3-5-16-11/h10-12H,2-9,13H2,1H3. The fourth-order valence-electron chi connectivity index (χ4n) is 2.58. The van der Waals surface area contributed by atoms with Crippen LogP contribution in [0.1, 0.15) is 19.3 Å². The topological polar surface area (TPSA) is 47.7 Å². The summed E-state index contributed by atoms with van der Waals surface area (Å²) in [6.07, 6.45) is 4.17. The fraction of sp³-hybridized carbons (Fsp3) is 1.00. The van der Waals surface area contributed by atoms with Crippen molar-refractivity contribution in [3.8, 4) is 0 Å². The molecule has 0 aromatic heterocycles. The molecule has 2 aliphatic heterocycles. The van der Waals surface area contributed by atoms with E-state index in [1.165, 1.54) is 19.3 Å². The molecule has 2 heterocycles. The molecule has 0 aromatic carbocycles. The predicted octanol–water partition coefficient (Wildman–Crippen LogP) is 0.461. The van der Waals surface area contributed by atoms with E-state index in [9.17, 15) is 0 Å². The van der Waals surface area contributed by atoms with E-state index in [1.54, 1.807) is 0 Å². The molecule has 0 aliphatic carbocycles. The van der Waals surface area contributed by atoms with Crippen LogP contribution in [0.4, 0.5) is 0 Å². The SMILES string of the molecule is CN(CC1CCCCO1)CC1COCC1N. The van der Waals surface area contributed by atoms with E-state index in [-0.39, 0.29) is 6.04 Å². The summed E-state index contributed by atoms with van der Waals surface area (Å²) >= 11 is 0. The molecule has 0 amide bonds. The Morgan fingerprint density at radius 2 is 2.12 bits per heavy atom. The molecule has 0 bridgehead atoms. The zero-order chi connectivity index (χ0) is 11.4. The van der Waals surface area contributed by atoms with Gasteiger partial charge in [-0.25, -0.2) is 0 Å². The summed E-state index contributed by atoms with van der Waals surface area (Å²) in [5.74, 6) is 0.494. The lowest BCUT2D eigenvalue weighted by Gasteiger charge is -2.29. The minimum absolute atomic E-state index is 0.217. The Hall–Kier alpha value is -0.160. The van der Waals surface area contributed by atoms with Crippen molar-refractivity contribution in [3.05, 3.63) is 0 Å². The number of ether oxygens (including phenoxy) is 2. The average molecular weight is 228 g/mol. The molecule has 2 saturated heterocycles. The number of nitrogens with two attached hydrogens (primary N) is 1. The molecule has 0 spiro atoms. The van der Waals surface area contributed by atoms with Gasteiger partial charge in [0.2, 0.25) is 0 Å². The second-order valence-corrected chi connectivity index (χ2v) is 5.17. The van der Waals surface area contributed by atoms with Gasteiger partial charge in [0.05, 0.1) is 19.3 Å². The molecule has 0 aromatic rings. The highest BCUT2D eigenvalue weighted by molar-refractivity contribution is 4.81. The zero-order valence-corrected chi connectivity index (χ0v) is 10.2. The van der Waals surface area contributed by atoms with E-state index in [2.05, 4.69) is 11.9 Å². The van der Waals surface area contributed by atoms with Gasteiger partial charge in [-0.1, -0.05) is 0 Å². The molecule has 94 valence electrons. The van der Waals surface area contributed by atoms with E-state index >= 15 is 0 Å². The summed E-state index contributed by atoms with van der Waals surface area (Å²) in [5.41, 5.74) is 5.98. The lowest BCUT2D eigenvalue weighted by atomic mass is 10.0. The van der Waals surface area contributed by atoms with Crippen LogP contribution >= 0.6 is 0 Å². The van der Waals surface area contributed by atoms with E-state index < -0.39 is 0 Å². The Balaban J connectivity index is 1.68. The van der Waals surface area contributed by atoms with Crippen molar-refractivity contribution >= 4 is 0 Å². The lowest BCUT2D eigenvalue weighted by molar-refractivity contribution is -0.00384. The normalized spacial score (nSPS) is 35.8. The first-order valence-corrected chi connectivity index (χ1v) is 6.39. The lowest BCUT2D eigenvalue weighted by Crippen LogP contribution is -2.40. The Bertz CT molecular complexity index is 207. The third-order valence-corrected chi connectivity index (χ3v) is 3.58. The van der Waals surface area contributed by atoms with Gasteiger partial charge in [0, 0.05) is 31.7 Å². The quantitative estimate of drug-likeness (QED) is 0.759. The van der Waals surface area contributed by atoms with Crippen LogP contribution in [0.25, 0.3) is 0 Å². The summed E-state index contributed by atoms with van der Waals surface area (Å²) in [7, 11) is 2.16. The van der Waals surface area contributed by atoms with Crippen molar-refractivity contribution in [2.24, 2.45) is 11.7 Å². The van der Waals surface area contributed by atoms with Gasteiger partial charge in [-0.2, -0.15) is 0 Å². The number of hydrogen-bond donors (Lipinski definition) is 1. The smallest absolute Gasteiger partial charge is 0.0701 e. The second-order valence-electron chi connectivity index (χ2n) is 5.17. The van der Waals surface area contributed by atoms with Crippen LogP contribution in [-0.2, 0) is 9.47 Å². The Kier molecular flexibility index (Phi) is 4.58. The van der Waals surface area contributed by atoms with Gasteiger partial charge in [-0.05, 0) is 26.3 Å². The van der Waals surface area contributed by atoms with E-state index in [0.29, 0.717) is 12.0 Å². The molecule has 3 unspecified atom stereocenters. The Morgan fingerprint density at radius 1 is 1.25 bits per heavy atom. The van der Waals surface area contributed by atoms with Gasteiger partial charge in [-0.3, -0.25) is 0 Å². The third-order valence-electron chi connectivity index (χ3n) is 3.58. The van der Waals surface area contributed by atoms with Crippen molar-refractivity contribution in [3.63, 3.8) is 0 Å². The first-order chi connectivity index (χ1) is 7.75. The van der Waals surface area contributed by atoms with Crippen LogP contribution in [0.3, 0.4) is 0 Å². The number of likely N-dealkylation sites (N-methyl/N-ethyl adjacent to an activating group) is 1. The molecule has 16 heavy (non-hydrogen) atoms. The predicted molar refractivity (Wildman–Crippen MR) is 63.4 cm³/mol. The maximum atomic E-state index is 5.98. The second kappa shape index (κ2) is 5.96. The molecule has 2 rings (SSSR count). The molecular formula is C12H24N2O2. The maximum absolute atomic E-state index is 5.98. The zero-order valence-electron chi connectivity index (χ0n) is 10.2. The molecule has 2 fully saturated rings. The number of nitrogens with zero attached hydrogens (tertiary/aromatic N) is 1. The summed E-state index contributed by atoms with van der Waals surface area (Å²) in [6, 6.07) is 0.217. The van der Waals surface area contributed by atoms with Crippen LogP contribution in [0.5, 0.6) is 0 Å². The molecular weight excluding hydrogens is 204 g/mol. The van der Waals surface area contributed by atoms with Crippen LogP contribution in [0.2, 0.25) is 0 Å². The number of rotatable bonds is 4. The summed E-state index contributed by atoms with van der Waals surface area (Å²) in [4.78, 5) is 2.34. The van der Waals surface area contributed by atoms with E-state index in [4.69, 9.17) is 15.2 Å². The largest absolute Gasteiger partial charge is 0.379 e. The van der Waals surface area contributed by atoms with Crippen LogP contribution in [0, 0.1) is 5.92 Å². The van der Waals surface area contributed by atoms with Crippen molar-refractivity contribution in [1.82, 2.24) is 4.90 Å². The Morgan fingerprint density at radius 3 is 2.75 bits per heavy atom. The summed E-state index contributed by atoms with van der Waals surface area (Å²) in [6.45, 7) is 4.53. The molecule has 0 radical (unpaired) electrons. The minimum atomic E-state index is 0.217. The maximum Gasteiger partial charge on any atom is 0.0701 e. The highest BCUT2D eigenvalue weighted by Gasteiger charge is 2.26.